The molecule has 1 atom stereocenters. The van der Waals surface area contributed by atoms with Crippen molar-refractivity contribution in [1.82, 2.24) is 10.2 Å². The maximum atomic E-state index is 13.8. The Morgan fingerprint density at radius 1 is 1.08 bits per heavy atom. The third-order valence-electron chi connectivity index (χ3n) is 6.25. The molecule has 3 rings (SSSR count). The molecule has 36 heavy (non-hydrogen) atoms. The molecule has 1 fully saturated rings. The fourth-order valence-corrected chi connectivity index (χ4v) is 5.00. The quantitative estimate of drug-likeness (QED) is 0.516. The molecule has 196 valence electrons. The van der Waals surface area contributed by atoms with E-state index in [9.17, 15) is 26.8 Å². The molecule has 0 aliphatic heterocycles. The first kappa shape index (κ1) is 27.4. The van der Waals surface area contributed by atoms with Gasteiger partial charge in [0.2, 0.25) is 21.8 Å². The summed E-state index contributed by atoms with van der Waals surface area (Å²) in [5.74, 6) is -2.78. The predicted octanol–water partition coefficient (Wildman–Crippen LogP) is 3.22. The SMILES string of the molecule is COc1ccc(CN(C(=O)CN(c2ccc(F)c(F)c2)S(C)(=O)=O)[C@@H](C)C(=O)NC2CCCC2)cc1. The molecule has 2 aromatic carbocycles. The molecular formula is C25H31F2N3O5S. The molecule has 8 nitrogen and oxygen atoms in total. The Labute approximate surface area is 210 Å². The number of hydrogen-bond acceptors (Lipinski definition) is 5. The van der Waals surface area contributed by atoms with Gasteiger partial charge in [-0.3, -0.25) is 13.9 Å². The first-order valence-corrected chi connectivity index (χ1v) is 13.5. The molecule has 0 unspecified atom stereocenters. The number of amides is 2. The molecule has 1 aliphatic rings. The monoisotopic (exact) mass is 523 g/mol. The molecule has 1 aliphatic carbocycles. The average molecular weight is 524 g/mol. The van der Waals surface area contributed by atoms with Crippen LogP contribution < -0.4 is 14.4 Å². The van der Waals surface area contributed by atoms with Gasteiger partial charge in [-0.25, -0.2) is 17.2 Å². The summed E-state index contributed by atoms with van der Waals surface area (Å²) in [6, 6.07) is 8.62. The molecule has 11 heteroatoms. The maximum absolute atomic E-state index is 13.8. The van der Waals surface area contributed by atoms with E-state index in [1.54, 1.807) is 31.2 Å². The summed E-state index contributed by atoms with van der Waals surface area (Å²) >= 11 is 0. The van der Waals surface area contributed by atoms with Gasteiger partial charge in [-0.2, -0.15) is 0 Å². The van der Waals surface area contributed by atoms with Crippen LogP contribution in [0.1, 0.15) is 38.2 Å². The molecule has 0 heterocycles. The maximum Gasteiger partial charge on any atom is 0.244 e. The molecule has 2 amide bonds. The van der Waals surface area contributed by atoms with Crippen LogP contribution in [0.3, 0.4) is 0 Å². The van der Waals surface area contributed by atoms with Crippen molar-refractivity contribution in [3.8, 4) is 5.75 Å². The van der Waals surface area contributed by atoms with E-state index < -0.39 is 40.2 Å². The summed E-state index contributed by atoms with van der Waals surface area (Å²) in [5, 5.41) is 2.97. The van der Waals surface area contributed by atoms with Crippen LogP contribution in [0, 0.1) is 11.6 Å². The highest BCUT2D eigenvalue weighted by molar-refractivity contribution is 7.92. The highest BCUT2D eigenvalue weighted by atomic mass is 32.2. The smallest absolute Gasteiger partial charge is 0.244 e. The van der Waals surface area contributed by atoms with E-state index in [1.807, 2.05) is 0 Å². The minimum atomic E-state index is -4.04. The molecule has 0 spiro atoms. The van der Waals surface area contributed by atoms with Crippen molar-refractivity contribution in [2.75, 3.05) is 24.2 Å². The molecule has 2 aromatic rings. The summed E-state index contributed by atoms with van der Waals surface area (Å²) in [4.78, 5) is 27.8. The molecule has 0 bridgehead atoms. The number of methoxy groups -OCH3 is 1. The second-order valence-corrected chi connectivity index (χ2v) is 10.8. The Balaban J connectivity index is 1.88. The van der Waals surface area contributed by atoms with Crippen molar-refractivity contribution in [1.29, 1.82) is 0 Å². The van der Waals surface area contributed by atoms with Crippen LogP contribution in [0.2, 0.25) is 0 Å². The van der Waals surface area contributed by atoms with Crippen LogP contribution in [0.25, 0.3) is 0 Å². The van der Waals surface area contributed by atoms with Crippen LogP contribution in [0.15, 0.2) is 42.5 Å². The zero-order valence-electron chi connectivity index (χ0n) is 20.5. The summed E-state index contributed by atoms with van der Waals surface area (Å²) < 4.78 is 58.1. The number of nitrogens with one attached hydrogen (secondary N) is 1. The summed E-state index contributed by atoms with van der Waals surface area (Å²) in [7, 11) is -2.52. The normalized spacial score (nSPS) is 14.8. The van der Waals surface area contributed by atoms with Crippen molar-refractivity contribution >= 4 is 27.5 Å². The van der Waals surface area contributed by atoms with Crippen molar-refractivity contribution in [2.24, 2.45) is 0 Å². The number of nitrogens with zero attached hydrogens (tertiary/aromatic N) is 2. The van der Waals surface area contributed by atoms with Gasteiger partial charge in [0.25, 0.3) is 0 Å². The van der Waals surface area contributed by atoms with Crippen LogP contribution >= 0.6 is 0 Å². The van der Waals surface area contributed by atoms with E-state index in [0.29, 0.717) is 21.7 Å². The van der Waals surface area contributed by atoms with Gasteiger partial charge in [0.1, 0.15) is 18.3 Å². The van der Waals surface area contributed by atoms with Gasteiger partial charge < -0.3 is 15.0 Å². The molecule has 0 aromatic heterocycles. The first-order valence-electron chi connectivity index (χ1n) is 11.6. The number of halogens is 2. The number of carbonyl (C=O) groups is 2. The lowest BCUT2D eigenvalue weighted by atomic mass is 10.1. The van der Waals surface area contributed by atoms with Gasteiger partial charge in [-0.15, -0.1) is 0 Å². The van der Waals surface area contributed by atoms with Crippen molar-refractivity contribution in [3.63, 3.8) is 0 Å². The fourth-order valence-electron chi connectivity index (χ4n) is 4.16. The third kappa shape index (κ3) is 6.93. The highest BCUT2D eigenvalue weighted by Crippen LogP contribution is 2.23. The van der Waals surface area contributed by atoms with Crippen molar-refractivity contribution in [3.05, 3.63) is 59.7 Å². The predicted molar refractivity (Wildman–Crippen MR) is 132 cm³/mol. The van der Waals surface area contributed by atoms with Crippen LogP contribution in [-0.4, -0.2) is 57.1 Å². The average Bonchev–Trinajstić information content (AvgIpc) is 3.35. The third-order valence-corrected chi connectivity index (χ3v) is 7.39. The Morgan fingerprint density at radius 2 is 1.72 bits per heavy atom. The van der Waals surface area contributed by atoms with Gasteiger partial charge in [-0.1, -0.05) is 25.0 Å². The summed E-state index contributed by atoms with van der Waals surface area (Å²) in [6.07, 6.45) is 4.63. The number of rotatable bonds is 10. The number of anilines is 1. The van der Waals surface area contributed by atoms with Gasteiger partial charge in [0.05, 0.1) is 19.1 Å². The summed E-state index contributed by atoms with van der Waals surface area (Å²) in [6.45, 7) is 0.909. The molecule has 1 N–H and O–H groups in total. The van der Waals surface area contributed by atoms with E-state index >= 15 is 0 Å². The van der Waals surface area contributed by atoms with Crippen LogP contribution in [0.5, 0.6) is 5.75 Å². The number of ether oxygens (including phenoxy) is 1. The number of benzene rings is 2. The minimum Gasteiger partial charge on any atom is -0.497 e. The lowest BCUT2D eigenvalue weighted by Gasteiger charge is -2.32. The Hall–Kier alpha value is -3.21. The van der Waals surface area contributed by atoms with E-state index in [-0.39, 0.29) is 24.2 Å². The highest BCUT2D eigenvalue weighted by Gasteiger charge is 2.31. The fraction of sp³-hybridized carbons (Fsp3) is 0.440. The Kier molecular flexibility index (Phi) is 8.89. The molecular weight excluding hydrogens is 492 g/mol. The first-order chi connectivity index (χ1) is 17.0. The Bertz CT molecular complexity index is 1180. The van der Waals surface area contributed by atoms with Crippen LogP contribution in [-0.2, 0) is 26.2 Å². The van der Waals surface area contributed by atoms with E-state index in [2.05, 4.69) is 5.32 Å². The zero-order chi connectivity index (χ0) is 26.5. The summed E-state index contributed by atoms with van der Waals surface area (Å²) in [5.41, 5.74) is 0.501. The largest absolute Gasteiger partial charge is 0.497 e. The van der Waals surface area contributed by atoms with Gasteiger partial charge in [0.15, 0.2) is 11.6 Å². The minimum absolute atomic E-state index is 0.0253. The topological polar surface area (TPSA) is 96.0 Å². The molecule has 1 saturated carbocycles. The second kappa shape index (κ2) is 11.7. The van der Waals surface area contributed by atoms with E-state index in [0.717, 1.165) is 44.1 Å². The van der Waals surface area contributed by atoms with E-state index in [4.69, 9.17) is 4.74 Å². The van der Waals surface area contributed by atoms with E-state index in [1.165, 1.54) is 12.0 Å². The zero-order valence-corrected chi connectivity index (χ0v) is 21.4. The molecule has 0 saturated heterocycles. The number of carbonyl (C=O) groups excluding carboxylic acids is 2. The van der Waals surface area contributed by atoms with Crippen LogP contribution in [0.4, 0.5) is 14.5 Å². The Morgan fingerprint density at radius 3 is 2.28 bits per heavy atom. The standard InChI is InChI=1S/C25H31F2N3O5S/c1-17(25(32)28-19-6-4-5-7-19)29(15-18-8-11-21(35-2)12-9-18)24(31)16-30(36(3,33)34)20-10-13-22(26)23(27)14-20/h8-14,17,19H,4-7,15-16H2,1-3H3,(H,28,32)/t17-/m0/s1. The molecule has 0 radical (unpaired) electrons. The van der Waals surface area contributed by atoms with Crippen molar-refractivity contribution < 1.29 is 31.5 Å². The lowest BCUT2D eigenvalue weighted by Crippen LogP contribution is -2.52. The lowest BCUT2D eigenvalue weighted by molar-refractivity contribution is -0.139. The van der Waals surface area contributed by atoms with Gasteiger partial charge in [-0.05, 0) is 49.6 Å². The number of hydrogen-bond donors (Lipinski definition) is 1. The number of sulfonamides is 1. The second-order valence-electron chi connectivity index (χ2n) is 8.90. The van der Waals surface area contributed by atoms with Gasteiger partial charge >= 0.3 is 0 Å². The van der Waals surface area contributed by atoms with Gasteiger partial charge in [0, 0.05) is 18.7 Å². The van der Waals surface area contributed by atoms with Crippen molar-refractivity contribution in [2.45, 2.75) is 51.2 Å².